The molecule has 0 saturated carbocycles. The molecule has 0 aliphatic carbocycles. The lowest BCUT2D eigenvalue weighted by Crippen LogP contribution is -2.38. The number of hydrogen-bond acceptors (Lipinski definition) is 4. The predicted octanol–water partition coefficient (Wildman–Crippen LogP) is 0.794. The van der Waals surface area contributed by atoms with Crippen LogP contribution in [0.5, 0.6) is 0 Å². The highest BCUT2D eigenvalue weighted by atomic mass is 32.1. The molecule has 2 rings (SSSR count). The minimum Gasteiger partial charge on any atom is -0.379 e. The van der Waals surface area contributed by atoms with E-state index in [0.717, 1.165) is 39.3 Å². The van der Waals surface area contributed by atoms with Gasteiger partial charge in [-0.15, -0.1) is 0 Å². The zero-order valence-corrected chi connectivity index (χ0v) is 13.3. The molecule has 6 nitrogen and oxygen atoms in total. The Hall–Kier alpha value is -1.70. The van der Waals surface area contributed by atoms with Crippen LogP contribution in [0.25, 0.3) is 0 Å². The Morgan fingerprint density at radius 3 is 2.77 bits per heavy atom. The molecule has 1 aliphatic rings. The average molecular weight is 322 g/mol. The first-order valence-electron chi connectivity index (χ1n) is 7.40. The van der Waals surface area contributed by atoms with Crippen molar-refractivity contribution in [2.24, 2.45) is 5.73 Å². The smallest absolute Gasteiger partial charge is 0.253 e. The van der Waals surface area contributed by atoms with Gasteiger partial charge in [-0.3, -0.25) is 9.69 Å². The molecule has 7 heteroatoms. The standard InChI is InChI=1S/C15H22N4O2S/c16-15(22)18-13-5-2-1-4-12(13)14(20)17-6-3-7-19-8-10-21-11-9-19/h1-2,4-5H,3,6-11H2,(H,17,20)(H3,16,18,22). The summed E-state index contributed by atoms with van der Waals surface area (Å²) in [4.78, 5) is 14.6. The molecule has 1 aromatic carbocycles. The van der Waals surface area contributed by atoms with Crippen LogP contribution in [0.1, 0.15) is 16.8 Å². The lowest BCUT2D eigenvalue weighted by molar-refractivity contribution is 0.0374. The van der Waals surface area contributed by atoms with Crippen molar-refractivity contribution in [3.05, 3.63) is 29.8 Å². The number of ether oxygens (including phenoxy) is 1. The molecule has 1 aliphatic heterocycles. The van der Waals surface area contributed by atoms with Crippen LogP contribution in [0, 0.1) is 0 Å². The summed E-state index contributed by atoms with van der Waals surface area (Å²) in [7, 11) is 0. The van der Waals surface area contributed by atoms with Gasteiger partial charge in [0.25, 0.3) is 5.91 Å². The number of morpholine rings is 1. The maximum Gasteiger partial charge on any atom is 0.253 e. The molecule has 0 atom stereocenters. The summed E-state index contributed by atoms with van der Waals surface area (Å²) >= 11 is 4.82. The molecule has 0 radical (unpaired) electrons. The summed E-state index contributed by atoms with van der Waals surface area (Å²) in [6.45, 7) is 5.13. The molecule has 0 bridgehead atoms. The van der Waals surface area contributed by atoms with E-state index in [0.29, 0.717) is 17.8 Å². The second kappa shape index (κ2) is 8.67. The first-order chi connectivity index (χ1) is 10.7. The highest BCUT2D eigenvalue weighted by molar-refractivity contribution is 7.80. The fraction of sp³-hybridized carbons (Fsp3) is 0.467. The number of amides is 1. The molecule has 4 N–H and O–H groups in total. The fourth-order valence-corrected chi connectivity index (χ4v) is 2.46. The highest BCUT2D eigenvalue weighted by Gasteiger charge is 2.12. The summed E-state index contributed by atoms with van der Waals surface area (Å²) in [5.41, 5.74) is 6.64. The van der Waals surface area contributed by atoms with E-state index in [2.05, 4.69) is 15.5 Å². The third kappa shape index (κ3) is 5.25. The number of rotatable bonds is 6. The summed E-state index contributed by atoms with van der Waals surface area (Å²) in [6, 6.07) is 7.17. The van der Waals surface area contributed by atoms with Crippen molar-refractivity contribution in [1.29, 1.82) is 0 Å². The number of carbonyl (C=O) groups excluding carboxylic acids is 1. The molecule has 1 amide bonds. The first-order valence-corrected chi connectivity index (χ1v) is 7.81. The molecular formula is C15H22N4O2S. The second-order valence-electron chi connectivity index (χ2n) is 5.10. The highest BCUT2D eigenvalue weighted by Crippen LogP contribution is 2.14. The van der Waals surface area contributed by atoms with Gasteiger partial charge in [0.15, 0.2) is 5.11 Å². The van der Waals surface area contributed by atoms with E-state index in [1.54, 1.807) is 12.1 Å². The Morgan fingerprint density at radius 1 is 1.32 bits per heavy atom. The number of para-hydroxylation sites is 1. The lowest BCUT2D eigenvalue weighted by Gasteiger charge is -2.26. The van der Waals surface area contributed by atoms with Gasteiger partial charge < -0.3 is 21.1 Å². The van der Waals surface area contributed by atoms with Crippen molar-refractivity contribution in [3.63, 3.8) is 0 Å². The van der Waals surface area contributed by atoms with E-state index in [-0.39, 0.29) is 11.0 Å². The number of anilines is 1. The quantitative estimate of drug-likeness (QED) is 0.531. The summed E-state index contributed by atoms with van der Waals surface area (Å²) < 4.78 is 5.31. The minimum atomic E-state index is -0.124. The molecule has 120 valence electrons. The summed E-state index contributed by atoms with van der Waals surface area (Å²) in [5.74, 6) is -0.124. The number of carbonyl (C=O) groups is 1. The van der Waals surface area contributed by atoms with Crippen LogP contribution in [-0.4, -0.2) is 55.3 Å². The number of nitrogens with two attached hydrogens (primary N) is 1. The third-order valence-corrected chi connectivity index (χ3v) is 3.57. The van der Waals surface area contributed by atoms with Gasteiger partial charge in [-0.25, -0.2) is 0 Å². The fourth-order valence-electron chi connectivity index (χ4n) is 2.35. The van der Waals surface area contributed by atoms with E-state index in [1.165, 1.54) is 0 Å². The van der Waals surface area contributed by atoms with Gasteiger partial charge in [-0.2, -0.15) is 0 Å². The van der Waals surface area contributed by atoms with Gasteiger partial charge in [0, 0.05) is 19.6 Å². The molecule has 0 unspecified atom stereocenters. The van der Waals surface area contributed by atoms with Crippen LogP contribution in [-0.2, 0) is 4.74 Å². The van der Waals surface area contributed by atoms with E-state index < -0.39 is 0 Å². The molecule has 0 spiro atoms. The Balaban J connectivity index is 1.78. The van der Waals surface area contributed by atoms with Gasteiger partial charge in [0.2, 0.25) is 0 Å². The van der Waals surface area contributed by atoms with Crippen LogP contribution in [0.4, 0.5) is 5.69 Å². The Kier molecular flexibility index (Phi) is 6.57. The van der Waals surface area contributed by atoms with Crippen molar-refractivity contribution in [2.45, 2.75) is 6.42 Å². The topological polar surface area (TPSA) is 79.6 Å². The maximum atomic E-state index is 12.2. The van der Waals surface area contributed by atoms with Gasteiger partial charge >= 0.3 is 0 Å². The third-order valence-electron chi connectivity index (χ3n) is 3.47. The van der Waals surface area contributed by atoms with Crippen molar-refractivity contribution >= 4 is 28.9 Å². The zero-order valence-electron chi connectivity index (χ0n) is 12.5. The van der Waals surface area contributed by atoms with Gasteiger partial charge in [-0.05, 0) is 37.3 Å². The Labute approximate surface area is 136 Å². The SMILES string of the molecule is NC(=S)Nc1ccccc1C(=O)NCCCN1CCOCC1. The van der Waals surface area contributed by atoms with Crippen molar-refractivity contribution in [3.8, 4) is 0 Å². The molecule has 1 saturated heterocycles. The van der Waals surface area contributed by atoms with Gasteiger partial charge in [0.1, 0.15) is 0 Å². The zero-order chi connectivity index (χ0) is 15.8. The van der Waals surface area contributed by atoms with Gasteiger partial charge in [-0.1, -0.05) is 12.1 Å². The van der Waals surface area contributed by atoms with E-state index in [4.69, 9.17) is 22.7 Å². The monoisotopic (exact) mass is 322 g/mol. The normalized spacial score (nSPS) is 15.3. The Bertz CT molecular complexity index is 518. The average Bonchev–Trinajstić information content (AvgIpc) is 2.52. The molecule has 22 heavy (non-hydrogen) atoms. The van der Waals surface area contributed by atoms with E-state index >= 15 is 0 Å². The van der Waals surface area contributed by atoms with Crippen LogP contribution < -0.4 is 16.4 Å². The van der Waals surface area contributed by atoms with Crippen LogP contribution in [0.3, 0.4) is 0 Å². The molecule has 0 aromatic heterocycles. The molecule has 1 heterocycles. The minimum absolute atomic E-state index is 0.124. The number of nitrogens with zero attached hydrogens (tertiary/aromatic N) is 1. The largest absolute Gasteiger partial charge is 0.379 e. The van der Waals surface area contributed by atoms with Crippen LogP contribution in [0.15, 0.2) is 24.3 Å². The lowest BCUT2D eigenvalue weighted by atomic mass is 10.1. The summed E-state index contributed by atoms with van der Waals surface area (Å²) in [5, 5.41) is 5.90. The first kappa shape index (κ1) is 16.7. The predicted molar refractivity (Wildman–Crippen MR) is 91.1 cm³/mol. The van der Waals surface area contributed by atoms with Crippen molar-refractivity contribution in [1.82, 2.24) is 10.2 Å². The van der Waals surface area contributed by atoms with E-state index in [9.17, 15) is 4.79 Å². The molecular weight excluding hydrogens is 300 g/mol. The number of benzene rings is 1. The van der Waals surface area contributed by atoms with Crippen molar-refractivity contribution in [2.75, 3.05) is 44.7 Å². The van der Waals surface area contributed by atoms with Crippen LogP contribution in [0.2, 0.25) is 0 Å². The number of thiocarbonyl (C=S) groups is 1. The number of nitrogens with one attached hydrogen (secondary N) is 2. The Morgan fingerprint density at radius 2 is 2.05 bits per heavy atom. The summed E-state index contributed by atoms with van der Waals surface area (Å²) in [6.07, 6.45) is 0.913. The van der Waals surface area contributed by atoms with Gasteiger partial charge in [0.05, 0.1) is 24.5 Å². The second-order valence-corrected chi connectivity index (χ2v) is 5.54. The molecule has 1 fully saturated rings. The maximum absolute atomic E-state index is 12.2. The number of hydrogen-bond donors (Lipinski definition) is 3. The van der Waals surface area contributed by atoms with Crippen LogP contribution >= 0.6 is 12.2 Å². The van der Waals surface area contributed by atoms with Crippen molar-refractivity contribution < 1.29 is 9.53 Å². The molecule has 1 aromatic rings. The van der Waals surface area contributed by atoms with E-state index in [1.807, 2.05) is 12.1 Å².